The number of halogens is 1. The second-order valence-electron chi connectivity index (χ2n) is 3.22. The molecule has 1 N–H and O–H groups in total. The Morgan fingerprint density at radius 2 is 2.08 bits per heavy atom. The molecule has 2 heteroatoms. The number of alkyl halides is 1. The predicted octanol–water partition coefficient (Wildman–Crippen LogP) is 1.54. The highest BCUT2D eigenvalue weighted by atomic mass is 19.1. The first-order chi connectivity index (χ1) is 5.86. The van der Waals surface area contributed by atoms with Crippen LogP contribution in [0.25, 0.3) is 0 Å². The molecular formula is C10H12FN. The fraction of sp³-hybridized carbons (Fsp3) is 0.400. The molecule has 0 aliphatic carbocycles. The monoisotopic (exact) mass is 165 g/mol. The fourth-order valence-corrected chi connectivity index (χ4v) is 1.44. The fourth-order valence-electron chi connectivity index (χ4n) is 1.44. The van der Waals surface area contributed by atoms with Crippen molar-refractivity contribution in [3.63, 3.8) is 0 Å². The van der Waals surface area contributed by atoms with Gasteiger partial charge in [-0.25, -0.2) is 4.39 Å². The Morgan fingerprint density at radius 3 is 2.58 bits per heavy atom. The summed E-state index contributed by atoms with van der Waals surface area (Å²) in [5, 5.41) is 3.07. The van der Waals surface area contributed by atoms with Crippen molar-refractivity contribution in [3.8, 4) is 0 Å². The molecule has 2 rings (SSSR count). The summed E-state index contributed by atoms with van der Waals surface area (Å²) in [4.78, 5) is 0. The van der Waals surface area contributed by atoms with Crippen molar-refractivity contribution in [3.05, 3.63) is 35.9 Å². The number of rotatable bonds is 2. The molecule has 1 heterocycles. The minimum absolute atomic E-state index is 0.0485. The highest BCUT2D eigenvalue weighted by Gasteiger charge is 2.29. The third-order valence-corrected chi connectivity index (χ3v) is 2.31. The van der Waals surface area contributed by atoms with Gasteiger partial charge in [-0.2, -0.15) is 0 Å². The molecule has 0 aromatic heterocycles. The van der Waals surface area contributed by atoms with Gasteiger partial charge in [0, 0.05) is 12.6 Å². The van der Waals surface area contributed by atoms with E-state index in [1.54, 1.807) is 0 Å². The van der Waals surface area contributed by atoms with Crippen LogP contribution in [0.1, 0.15) is 5.56 Å². The van der Waals surface area contributed by atoms with E-state index in [-0.39, 0.29) is 6.04 Å². The van der Waals surface area contributed by atoms with Crippen LogP contribution in [0.3, 0.4) is 0 Å². The standard InChI is InChI=1S/C10H12FN/c11-9-7-12-10(9)6-8-4-2-1-3-5-8/h1-5,9-10,12H,6-7H2/t9-,10-/m0/s1. The van der Waals surface area contributed by atoms with Gasteiger partial charge in [-0.3, -0.25) is 0 Å². The summed E-state index contributed by atoms with van der Waals surface area (Å²) < 4.78 is 12.8. The lowest BCUT2D eigenvalue weighted by atomic mass is 9.97. The van der Waals surface area contributed by atoms with Crippen molar-refractivity contribution in [2.75, 3.05) is 6.54 Å². The Kier molecular flexibility index (Phi) is 2.09. The number of nitrogens with one attached hydrogen (secondary N) is 1. The van der Waals surface area contributed by atoms with E-state index in [0.717, 1.165) is 6.42 Å². The Hall–Kier alpha value is -0.890. The van der Waals surface area contributed by atoms with Crippen LogP contribution < -0.4 is 5.32 Å². The van der Waals surface area contributed by atoms with E-state index in [2.05, 4.69) is 5.32 Å². The van der Waals surface area contributed by atoms with Crippen LogP contribution in [0.5, 0.6) is 0 Å². The molecule has 1 aliphatic heterocycles. The summed E-state index contributed by atoms with van der Waals surface area (Å²) in [6.07, 6.45) is 0.160. The predicted molar refractivity (Wildman–Crippen MR) is 46.8 cm³/mol. The van der Waals surface area contributed by atoms with Gasteiger partial charge >= 0.3 is 0 Å². The van der Waals surface area contributed by atoms with Crippen LogP contribution in [-0.4, -0.2) is 18.8 Å². The first-order valence-corrected chi connectivity index (χ1v) is 4.27. The molecule has 0 spiro atoms. The molecular weight excluding hydrogens is 153 g/mol. The molecule has 0 amide bonds. The zero-order valence-electron chi connectivity index (χ0n) is 6.83. The molecule has 1 aromatic carbocycles. The molecule has 1 aliphatic rings. The third-order valence-electron chi connectivity index (χ3n) is 2.31. The van der Waals surface area contributed by atoms with E-state index in [4.69, 9.17) is 0 Å². The van der Waals surface area contributed by atoms with Crippen molar-refractivity contribution in [2.45, 2.75) is 18.6 Å². The van der Waals surface area contributed by atoms with E-state index in [1.165, 1.54) is 5.56 Å². The van der Waals surface area contributed by atoms with E-state index in [0.29, 0.717) is 6.54 Å². The second kappa shape index (κ2) is 3.23. The maximum atomic E-state index is 12.8. The zero-order valence-corrected chi connectivity index (χ0v) is 6.83. The largest absolute Gasteiger partial charge is 0.308 e. The molecule has 1 fully saturated rings. The van der Waals surface area contributed by atoms with Crippen LogP contribution >= 0.6 is 0 Å². The van der Waals surface area contributed by atoms with Gasteiger partial charge < -0.3 is 5.32 Å². The molecule has 1 saturated heterocycles. The van der Waals surface area contributed by atoms with Gasteiger partial charge in [-0.05, 0) is 12.0 Å². The van der Waals surface area contributed by atoms with Crippen LogP contribution in [0, 0.1) is 0 Å². The van der Waals surface area contributed by atoms with Gasteiger partial charge in [-0.1, -0.05) is 30.3 Å². The van der Waals surface area contributed by atoms with Crippen LogP contribution in [-0.2, 0) is 6.42 Å². The van der Waals surface area contributed by atoms with Crippen LogP contribution in [0.4, 0.5) is 4.39 Å². The van der Waals surface area contributed by atoms with E-state index >= 15 is 0 Å². The van der Waals surface area contributed by atoms with E-state index in [1.807, 2.05) is 30.3 Å². The van der Waals surface area contributed by atoms with Crippen LogP contribution in [0.2, 0.25) is 0 Å². The summed E-state index contributed by atoms with van der Waals surface area (Å²) in [6.45, 7) is 0.525. The Morgan fingerprint density at radius 1 is 1.33 bits per heavy atom. The van der Waals surface area contributed by atoms with Gasteiger partial charge in [0.2, 0.25) is 0 Å². The average Bonchev–Trinajstić information content (AvgIpc) is 2.14. The van der Waals surface area contributed by atoms with Gasteiger partial charge in [0.05, 0.1) is 0 Å². The summed E-state index contributed by atoms with van der Waals surface area (Å²) in [5.41, 5.74) is 1.21. The summed E-state index contributed by atoms with van der Waals surface area (Å²) in [6, 6.07) is 10.1. The highest BCUT2D eigenvalue weighted by molar-refractivity contribution is 5.17. The topological polar surface area (TPSA) is 12.0 Å². The van der Waals surface area contributed by atoms with E-state index < -0.39 is 6.17 Å². The van der Waals surface area contributed by atoms with Crippen molar-refractivity contribution >= 4 is 0 Å². The molecule has 0 saturated carbocycles. The molecule has 12 heavy (non-hydrogen) atoms. The first kappa shape index (κ1) is 7.74. The molecule has 1 nitrogen and oxygen atoms in total. The maximum Gasteiger partial charge on any atom is 0.128 e. The highest BCUT2D eigenvalue weighted by Crippen LogP contribution is 2.13. The van der Waals surface area contributed by atoms with Gasteiger partial charge in [0.15, 0.2) is 0 Å². The van der Waals surface area contributed by atoms with Crippen LogP contribution in [0.15, 0.2) is 30.3 Å². The Balaban J connectivity index is 1.95. The number of benzene rings is 1. The third kappa shape index (κ3) is 1.48. The number of hydrogen-bond donors (Lipinski definition) is 1. The molecule has 64 valence electrons. The maximum absolute atomic E-state index is 12.8. The van der Waals surface area contributed by atoms with Crippen molar-refractivity contribution in [1.29, 1.82) is 0 Å². The SMILES string of the molecule is F[C@H]1CN[C@H]1Cc1ccccc1. The molecule has 1 aromatic rings. The quantitative estimate of drug-likeness (QED) is 0.701. The lowest BCUT2D eigenvalue weighted by Gasteiger charge is -2.32. The molecule has 0 unspecified atom stereocenters. The van der Waals surface area contributed by atoms with Gasteiger partial charge in [-0.15, -0.1) is 0 Å². The summed E-state index contributed by atoms with van der Waals surface area (Å²) in [5.74, 6) is 0. The summed E-state index contributed by atoms with van der Waals surface area (Å²) in [7, 11) is 0. The normalized spacial score (nSPS) is 28.1. The Bertz CT molecular complexity index is 247. The minimum Gasteiger partial charge on any atom is -0.308 e. The molecule has 2 atom stereocenters. The van der Waals surface area contributed by atoms with E-state index in [9.17, 15) is 4.39 Å². The summed E-state index contributed by atoms with van der Waals surface area (Å²) >= 11 is 0. The number of hydrogen-bond acceptors (Lipinski definition) is 1. The minimum atomic E-state index is -0.648. The second-order valence-corrected chi connectivity index (χ2v) is 3.22. The smallest absolute Gasteiger partial charge is 0.128 e. The van der Waals surface area contributed by atoms with Crippen molar-refractivity contribution in [2.24, 2.45) is 0 Å². The lowest BCUT2D eigenvalue weighted by molar-refractivity contribution is 0.158. The van der Waals surface area contributed by atoms with Crippen molar-refractivity contribution < 1.29 is 4.39 Å². The molecule has 0 radical (unpaired) electrons. The zero-order chi connectivity index (χ0) is 8.39. The average molecular weight is 165 g/mol. The first-order valence-electron chi connectivity index (χ1n) is 4.27. The van der Waals surface area contributed by atoms with Crippen molar-refractivity contribution in [1.82, 2.24) is 5.32 Å². The Labute approximate surface area is 71.6 Å². The molecule has 0 bridgehead atoms. The van der Waals surface area contributed by atoms with Gasteiger partial charge in [0.1, 0.15) is 6.17 Å². The lowest BCUT2D eigenvalue weighted by Crippen LogP contribution is -2.55. The van der Waals surface area contributed by atoms with Gasteiger partial charge in [0.25, 0.3) is 0 Å².